The first-order valence-corrected chi connectivity index (χ1v) is 9.25. The van der Waals surface area contributed by atoms with Crippen molar-refractivity contribution in [3.63, 3.8) is 0 Å². The minimum absolute atomic E-state index is 0.232. The van der Waals surface area contributed by atoms with E-state index in [1.165, 1.54) is 0 Å². The van der Waals surface area contributed by atoms with Crippen molar-refractivity contribution >= 4 is 21.5 Å². The molecular weight excluding hydrogens is 326 g/mol. The minimum atomic E-state index is -3.89. The van der Waals surface area contributed by atoms with Gasteiger partial charge in [-0.15, -0.1) is 0 Å². The second-order valence-corrected chi connectivity index (χ2v) is 7.08. The Morgan fingerprint density at radius 3 is 2.38 bits per heavy atom. The Balaban J connectivity index is 2.00. The molecule has 128 valence electrons. The smallest absolute Gasteiger partial charge is 0.265 e. The second kappa shape index (κ2) is 8.03. The summed E-state index contributed by atoms with van der Waals surface area (Å²) < 4.78 is 32.0. The number of nitrogens with zero attached hydrogens (tertiary/aromatic N) is 3. The maximum atomic E-state index is 10.7. The lowest BCUT2D eigenvalue weighted by Gasteiger charge is -2.14. The summed E-state index contributed by atoms with van der Waals surface area (Å²) in [5.41, 5.74) is 2.88. The van der Waals surface area contributed by atoms with Gasteiger partial charge in [0.05, 0.1) is 17.2 Å². The van der Waals surface area contributed by atoms with Crippen LogP contribution in [0.1, 0.15) is 18.9 Å². The summed E-state index contributed by atoms with van der Waals surface area (Å²) in [5.74, 6) is -0.232. The Kier molecular flexibility index (Phi) is 6.05. The maximum Gasteiger partial charge on any atom is 0.265 e. The molecule has 0 spiro atoms. The van der Waals surface area contributed by atoms with Crippen molar-refractivity contribution in [1.29, 1.82) is 0 Å². The summed E-state index contributed by atoms with van der Waals surface area (Å²) in [5, 5.41) is 6.39. The van der Waals surface area contributed by atoms with E-state index in [1.54, 1.807) is 0 Å². The lowest BCUT2D eigenvalue weighted by atomic mass is 10.2. The summed E-state index contributed by atoms with van der Waals surface area (Å²) in [7, 11) is -1.99. The van der Waals surface area contributed by atoms with E-state index in [0.717, 1.165) is 17.0 Å². The topological polar surface area (TPSA) is 73.8 Å². The van der Waals surface area contributed by atoms with Crippen molar-refractivity contribution in [3.8, 4) is 0 Å². The number of benzene rings is 1. The average molecular weight is 348 g/mol. The van der Waals surface area contributed by atoms with Crippen LogP contribution in [-0.2, 0) is 16.7 Å². The third kappa shape index (κ3) is 5.75. The molecule has 6 nitrogen and oxygen atoms in total. The van der Waals surface area contributed by atoms with Gasteiger partial charge in [-0.1, -0.05) is 18.2 Å². The molecule has 0 atom stereocenters. The van der Waals surface area contributed by atoms with Crippen LogP contribution in [0.15, 0.2) is 60.0 Å². The van der Waals surface area contributed by atoms with Crippen LogP contribution in [0.2, 0.25) is 0 Å². The summed E-state index contributed by atoms with van der Waals surface area (Å²) in [6, 6.07) is 13.8. The molecule has 0 saturated heterocycles. The Bertz CT molecular complexity index is 788. The first-order valence-electron chi connectivity index (χ1n) is 7.64. The average Bonchev–Trinajstić information content (AvgIpc) is 2.55. The van der Waals surface area contributed by atoms with Crippen LogP contribution < -0.4 is 9.58 Å². The van der Waals surface area contributed by atoms with Crippen LogP contribution in [-0.4, -0.2) is 31.5 Å². The fourth-order valence-electron chi connectivity index (χ4n) is 2.26. The number of rotatable bonds is 7. The molecule has 0 amide bonds. The van der Waals surface area contributed by atoms with Crippen LogP contribution in [0.25, 0.3) is 0 Å². The molecule has 2 rings (SSSR count). The van der Waals surface area contributed by atoms with Crippen LogP contribution in [0.3, 0.4) is 0 Å². The van der Waals surface area contributed by atoms with E-state index in [9.17, 15) is 8.42 Å². The first-order chi connectivity index (χ1) is 11.3. The number of hydrogen-bond acceptors (Lipinski definition) is 4. The molecule has 24 heavy (non-hydrogen) atoms. The van der Waals surface area contributed by atoms with Crippen molar-refractivity contribution in [2.24, 2.45) is 5.10 Å². The van der Waals surface area contributed by atoms with Crippen molar-refractivity contribution < 1.29 is 17.5 Å². The zero-order valence-corrected chi connectivity index (χ0v) is 14.6. The van der Waals surface area contributed by atoms with Gasteiger partial charge in [-0.3, -0.25) is 9.56 Å². The van der Waals surface area contributed by atoms with Gasteiger partial charge in [0.1, 0.15) is 6.54 Å². The van der Waals surface area contributed by atoms with Gasteiger partial charge in [-0.05, 0) is 19.1 Å². The quantitative estimate of drug-likeness (QED) is 0.360. The van der Waals surface area contributed by atoms with Gasteiger partial charge in [0.15, 0.2) is 12.4 Å². The summed E-state index contributed by atoms with van der Waals surface area (Å²) >= 11 is 0. The van der Waals surface area contributed by atoms with Gasteiger partial charge < -0.3 is 0 Å². The largest absolute Gasteiger partial charge is 0.286 e. The molecule has 7 heteroatoms. The monoisotopic (exact) mass is 348 g/mol. The second-order valence-electron chi connectivity index (χ2n) is 5.51. The molecular formula is C17H22N3O3S+. The third-order valence-corrected chi connectivity index (χ3v) is 4.36. The van der Waals surface area contributed by atoms with Crippen molar-refractivity contribution in [2.45, 2.75) is 19.9 Å². The van der Waals surface area contributed by atoms with Crippen LogP contribution >= 0.6 is 0 Å². The number of anilines is 1. The minimum Gasteiger partial charge on any atom is -0.286 e. The van der Waals surface area contributed by atoms with E-state index in [-0.39, 0.29) is 5.75 Å². The van der Waals surface area contributed by atoms with E-state index >= 15 is 0 Å². The molecule has 0 aliphatic rings. The summed E-state index contributed by atoms with van der Waals surface area (Å²) in [6.07, 6.45) is 4.12. The SMILES string of the molecule is CC(=NN(C)c1ccccc1)c1cc[n+](CCCS(=O)(=O)O)cc1. The van der Waals surface area contributed by atoms with Crippen molar-refractivity contribution in [3.05, 3.63) is 60.4 Å². The third-order valence-electron chi connectivity index (χ3n) is 3.56. The molecule has 0 saturated carbocycles. The number of hydrazone groups is 1. The van der Waals surface area contributed by atoms with E-state index < -0.39 is 10.1 Å². The highest BCUT2D eigenvalue weighted by atomic mass is 32.2. The van der Waals surface area contributed by atoms with Gasteiger partial charge in [0.2, 0.25) is 0 Å². The van der Waals surface area contributed by atoms with Gasteiger partial charge in [-0.25, -0.2) is 4.57 Å². The standard InChI is InChI=1S/C17H21N3O3S/c1-15(18-19(2)17-7-4-3-5-8-17)16-9-12-20(13-10-16)11-6-14-24(21,22)23/h3-5,7-10,12-13H,6,11,14H2,1-2H3/p+1. The highest BCUT2D eigenvalue weighted by Crippen LogP contribution is 2.12. The Labute approximate surface area is 142 Å². The maximum absolute atomic E-state index is 10.7. The molecule has 2 aromatic rings. The highest BCUT2D eigenvalue weighted by Gasteiger charge is 2.08. The molecule has 1 aromatic heterocycles. The zero-order valence-electron chi connectivity index (χ0n) is 13.8. The molecule has 1 N–H and O–H groups in total. The number of aryl methyl sites for hydroxylation is 1. The van der Waals surface area contributed by atoms with Crippen molar-refractivity contribution in [1.82, 2.24) is 0 Å². The molecule has 0 radical (unpaired) electrons. The van der Waals surface area contributed by atoms with E-state index in [4.69, 9.17) is 4.55 Å². The van der Waals surface area contributed by atoms with Gasteiger partial charge >= 0.3 is 0 Å². The first kappa shape index (κ1) is 18.1. The molecule has 0 bridgehead atoms. The number of aromatic nitrogens is 1. The van der Waals surface area contributed by atoms with Crippen molar-refractivity contribution in [2.75, 3.05) is 17.8 Å². The summed E-state index contributed by atoms with van der Waals surface area (Å²) in [4.78, 5) is 0. The summed E-state index contributed by atoms with van der Waals surface area (Å²) in [6.45, 7) is 2.47. The van der Waals surface area contributed by atoms with E-state index in [2.05, 4.69) is 5.10 Å². The molecule has 0 unspecified atom stereocenters. The van der Waals surface area contributed by atoms with Gasteiger partial charge in [0.25, 0.3) is 10.1 Å². The lowest BCUT2D eigenvalue weighted by molar-refractivity contribution is -0.696. The predicted octanol–water partition coefficient (Wildman–Crippen LogP) is 2.11. The molecule has 1 aromatic carbocycles. The molecule has 1 heterocycles. The zero-order chi connectivity index (χ0) is 17.6. The highest BCUT2D eigenvalue weighted by molar-refractivity contribution is 7.85. The molecule has 0 fully saturated rings. The van der Waals surface area contributed by atoms with Gasteiger partial charge in [0, 0.05) is 31.2 Å². The van der Waals surface area contributed by atoms with E-state index in [1.807, 2.05) is 78.4 Å². The fraction of sp³-hybridized carbons (Fsp3) is 0.294. The van der Waals surface area contributed by atoms with Crippen LogP contribution in [0.5, 0.6) is 0 Å². The van der Waals surface area contributed by atoms with E-state index in [0.29, 0.717) is 13.0 Å². The van der Waals surface area contributed by atoms with Crippen LogP contribution in [0, 0.1) is 0 Å². The Morgan fingerprint density at radius 1 is 1.17 bits per heavy atom. The molecule has 0 aliphatic carbocycles. The predicted molar refractivity (Wildman–Crippen MR) is 94.7 cm³/mol. The number of hydrogen-bond donors (Lipinski definition) is 1. The Hall–Kier alpha value is -2.25. The van der Waals surface area contributed by atoms with Crippen LogP contribution in [0.4, 0.5) is 5.69 Å². The fourth-order valence-corrected chi connectivity index (χ4v) is 2.76. The number of pyridine rings is 1. The van der Waals surface area contributed by atoms with Gasteiger partial charge in [-0.2, -0.15) is 13.5 Å². The normalized spacial score (nSPS) is 12.2. The lowest BCUT2D eigenvalue weighted by Crippen LogP contribution is -2.33. The molecule has 0 aliphatic heterocycles. The number of para-hydroxylation sites is 1. The Morgan fingerprint density at radius 2 is 1.79 bits per heavy atom.